The summed E-state index contributed by atoms with van der Waals surface area (Å²) in [6.07, 6.45) is 1.38. The number of anilines is 1. The molecule has 0 saturated heterocycles. The van der Waals surface area contributed by atoms with E-state index in [2.05, 4.69) is 20.0 Å². The number of carbonyl (C=O) groups is 1. The van der Waals surface area contributed by atoms with Crippen LogP contribution in [0.25, 0.3) is 0 Å². The van der Waals surface area contributed by atoms with Crippen LogP contribution in [0.1, 0.15) is 16.1 Å². The van der Waals surface area contributed by atoms with Crippen LogP contribution >= 0.6 is 11.6 Å². The molecule has 0 aromatic carbocycles. The third kappa shape index (κ3) is 2.38. The summed E-state index contributed by atoms with van der Waals surface area (Å²) in [5.41, 5.74) is 1.11. The Balaban J connectivity index is 2.21. The first kappa shape index (κ1) is 10.6. The number of nitrogens with one attached hydrogen (secondary N) is 1. The van der Waals surface area contributed by atoms with Crippen LogP contribution in [0, 0.1) is 6.92 Å². The lowest BCUT2D eigenvalue weighted by Gasteiger charge is -2.02. The van der Waals surface area contributed by atoms with Crippen LogP contribution in [0.4, 0.5) is 5.82 Å². The summed E-state index contributed by atoms with van der Waals surface area (Å²) in [6.45, 7) is 1.76. The van der Waals surface area contributed by atoms with Crippen LogP contribution in [0.3, 0.4) is 0 Å². The van der Waals surface area contributed by atoms with E-state index in [1.54, 1.807) is 19.1 Å². The Morgan fingerprint density at radius 2 is 2.31 bits per heavy atom. The van der Waals surface area contributed by atoms with E-state index in [9.17, 15) is 4.79 Å². The molecule has 2 heterocycles. The summed E-state index contributed by atoms with van der Waals surface area (Å²) in [4.78, 5) is 15.7. The molecule has 0 spiro atoms. The van der Waals surface area contributed by atoms with Gasteiger partial charge in [-0.05, 0) is 19.1 Å². The van der Waals surface area contributed by atoms with E-state index in [4.69, 9.17) is 11.6 Å². The SMILES string of the molecule is Cc1cc(C(=O)Nc2ccon2)cc(Cl)n1. The van der Waals surface area contributed by atoms with Gasteiger partial charge in [0.15, 0.2) is 5.82 Å². The van der Waals surface area contributed by atoms with E-state index in [0.29, 0.717) is 17.1 Å². The average Bonchev–Trinajstić information content (AvgIpc) is 2.68. The number of aryl methyl sites for hydroxylation is 1. The number of hydrogen-bond donors (Lipinski definition) is 1. The van der Waals surface area contributed by atoms with E-state index in [1.807, 2.05) is 0 Å². The van der Waals surface area contributed by atoms with Gasteiger partial charge in [0, 0.05) is 17.3 Å². The zero-order chi connectivity index (χ0) is 11.5. The lowest BCUT2D eigenvalue weighted by atomic mass is 10.2. The number of rotatable bonds is 2. The van der Waals surface area contributed by atoms with E-state index in [0.717, 1.165) is 0 Å². The van der Waals surface area contributed by atoms with Gasteiger partial charge in [-0.15, -0.1) is 0 Å². The molecule has 16 heavy (non-hydrogen) atoms. The fourth-order valence-corrected chi connectivity index (χ4v) is 1.48. The summed E-state index contributed by atoms with van der Waals surface area (Å²) in [7, 11) is 0. The number of pyridine rings is 1. The molecule has 6 heteroatoms. The molecule has 5 nitrogen and oxygen atoms in total. The Morgan fingerprint density at radius 1 is 1.50 bits per heavy atom. The standard InChI is InChI=1S/C10H8ClN3O2/c1-6-4-7(5-8(11)12-6)10(15)13-9-2-3-16-14-9/h2-5H,1H3,(H,13,14,15). The van der Waals surface area contributed by atoms with Crippen molar-refractivity contribution in [3.05, 3.63) is 40.9 Å². The molecule has 1 amide bonds. The fraction of sp³-hybridized carbons (Fsp3) is 0.100. The molecular weight excluding hydrogens is 230 g/mol. The summed E-state index contributed by atoms with van der Waals surface area (Å²) >= 11 is 5.75. The van der Waals surface area contributed by atoms with Crippen LogP contribution in [0.5, 0.6) is 0 Å². The number of halogens is 1. The van der Waals surface area contributed by atoms with Gasteiger partial charge in [0.05, 0.1) is 0 Å². The van der Waals surface area contributed by atoms with Gasteiger partial charge < -0.3 is 9.84 Å². The number of hydrogen-bond acceptors (Lipinski definition) is 4. The molecule has 0 unspecified atom stereocenters. The molecule has 0 radical (unpaired) electrons. The molecule has 0 saturated carbocycles. The maximum atomic E-state index is 11.7. The van der Waals surface area contributed by atoms with Crippen molar-refractivity contribution in [1.29, 1.82) is 0 Å². The van der Waals surface area contributed by atoms with Gasteiger partial charge >= 0.3 is 0 Å². The smallest absolute Gasteiger partial charge is 0.257 e. The Hall–Kier alpha value is -1.88. The molecule has 0 fully saturated rings. The molecule has 2 rings (SSSR count). The van der Waals surface area contributed by atoms with Crippen LogP contribution < -0.4 is 5.32 Å². The Labute approximate surface area is 96.4 Å². The van der Waals surface area contributed by atoms with Gasteiger partial charge in [0.2, 0.25) is 0 Å². The van der Waals surface area contributed by atoms with Gasteiger partial charge in [-0.3, -0.25) is 4.79 Å². The highest BCUT2D eigenvalue weighted by molar-refractivity contribution is 6.29. The van der Waals surface area contributed by atoms with E-state index in [1.165, 1.54) is 12.3 Å². The maximum Gasteiger partial charge on any atom is 0.257 e. The van der Waals surface area contributed by atoms with E-state index < -0.39 is 0 Å². The second kappa shape index (κ2) is 4.32. The van der Waals surface area contributed by atoms with Gasteiger partial charge in [0.25, 0.3) is 5.91 Å². The van der Waals surface area contributed by atoms with Crippen molar-refractivity contribution in [2.45, 2.75) is 6.92 Å². The summed E-state index contributed by atoms with van der Waals surface area (Å²) < 4.78 is 4.60. The van der Waals surface area contributed by atoms with Crippen molar-refractivity contribution in [3.63, 3.8) is 0 Å². The lowest BCUT2D eigenvalue weighted by Crippen LogP contribution is -2.12. The molecule has 0 aliphatic carbocycles. The van der Waals surface area contributed by atoms with Gasteiger partial charge in [-0.2, -0.15) is 0 Å². The number of aromatic nitrogens is 2. The highest BCUT2D eigenvalue weighted by Gasteiger charge is 2.09. The first-order valence-corrected chi connectivity index (χ1v) is 4.89. The summed E-state index contributed by atoms with van der Waals surface area (Å²) in [5.74, 6) is 0.0527. The van der Waals surface area contributed by atoms with Crippen molar-refractivity contribution in [2.24, 2.45) is 0 Å². The van der Waals surface area contributed by atoms with E-state index in [-0.39, 0.29) is 11.1 Å². The molecule has 0 bridgehead atoms. The van der Waals surface area contributed by atoms with Crippen LogP contribution in [0.2, 0.25) is 5.15 Å². The maximum absolute atomic E-state index is 11.7. The molecule has 1 N–H and O–H groups in total. The van der Waals surface area contributed by atoms with Gasteiger partial charge in [0.1, 0.15) is 11.4 Å². The van der Waals surface area contributed by atoms with Crippen LogP contribution in [0.15, 0.2) is 29.0 Å². The topological polar surface area (TPSA) is 68.0 Å². The Kier molecular flexibility index (Phi) is 2.87. The average molecular weight is 238 g/mol. The molecule has 0 aliphatic rings. The molecule has 82 valence electrons. The van der Waals surface area contributed by atoms with Gasteiger partial charge in [-0.1, -0.05) is 16.8 Å². The predicted molar refractivity (Wildman–Crippen MR) is 58.4 cm³/mol. The van der Waals surface area contributed by atoms with Crippen molar-refractivity contribution in [2.75, 3.05) is 5.32 Å². The predicted octanol–water partition coefficient (Wildman–Crippen LogP) is 2.28. The minimum absolute atomic E-state index is 0.283. The number of amides is 1. The highest BCUT2D eigenvalue weighted by atomic mass is 35.5. The molecule has 0 atom stereocenters. The zero-order valence-corrected chi connectivity index (χ0v) is 9.15. The third-order valence-electron chi connectivity index (χ3n) is 1.86. The highest BCUT2D eigenvalue weighted by Crippen LogP contribution is 2.12. The minimum Gasteiger partial charge on any atom is -0.363 e. The third-order valence-corrected chi connectivity index (χ3v) is 2.06. The quantitative estimate of drug-likeness (QED) is 0.814. The second-order valence-corrected chi connectivity index (χ2v) is 3.55. The van der Waals surface area contributed by atoms with Crippen molar-refractivity contribution < 1.29 is 9.32 Å². The molecule has 0 aliphatic heterocycles. The van der Waals surface area contributed by atoms with Crippen molar-refractivity contribution in [1.82, 2.24) is 10.1 Å². The van der Waals surface area contributed by atoms with E-state index >= 15 is 0 Å². The monoisotopic (exact) mass is 237 g/mol. The zero-order valence-electron chi connectivity index (χ0n) is 8.40. The molecule has 2 aromatic heterocycles. The number of carbonyl (C=O) groups excluding carboxylic acids is 1. The normalized spacial score (nSPS) is 10.1. The molecular formula is C10H8ClN3O2. The summed E-state index contributed by atoms with van der Waals surface area (Å²) in [6, 6.07) is 4.68. The second-order valence-electron chi connectivity index (χ2n) is 3.16. The summed E-state index contributed by atoms with van der Waals surface area (Å²) in [5, 5.41) is 6.42. The van der Waals surface area contributed by atoms with Gasteiger partial charge in [-0.25, -0.2) is 4.98 Å². The first-order valence-electron chi connectivity index (χ1n) is 4.51. The van der Waals surface area contributed by atoms with Crippen molar-refractivity contribution in [3.8, 4) is 0 Å². The largest absolute Gasteiger partial charge is 0.363 e. The Bertz CT molecular complexity index is 491. The van der Waals surface area contributed by atoms with Crippen LogP contribution in [-0.4, -0.2) is 16.0 Å². The Morgan fingerprint density at radius 3 is 2.94 bits per heavy atom. The lowest BCUT2D eigenvalue weighted by molar-refractivity contribution is 0.102. The number of nitrogens with zero attached hydrogens (tertiary/aromatic N) is 2. The van der Waals surface area contributed by atoms with Crippen molar-refractivity contribution >= 4 is 23.3 Å². The minimum atomic E-state index is -0.304. The molecule has 2 aromatic rings. The first-order chi connectivity index (χ1) is 7.65. The fourth-order valence-electron chi connectivity index (χ4n) is 1.22. The van der Waals surface area contributed by atoms with Crippen LogP contribution in [-0.2, 0) is 0 Å².